The van der Waals surface area contributed by atoms with Crippen molar-refractivity contribution in [3.05, 3.63) is 59.4 Å². The second-order valence-corrected chi connectivity index (χ2v) is 5.35. The number of benzene rings is 2. The van der Waals surface area contributed by atoms with E-state index in [1.165, 1.54) is 19.2 Å². The summed E-state index contributed by atoms with van der Waals surface area (Å²) < 4.78 is 24.1. The Morgan fingerprint density at radius 2 is 2.00 bits per heavy atom. The second kappa shape index (κ2) is 7.63. The highest BCUT2D eigenvalue weighted by Gasteiger charge is 2.10. The van der Waals surface area contributed by atoms with E-state index in [1.54, 1.807) is 0 Å². The molecule has 23 heavy (non-hydrogen) atoms. The van der Waals surface area contributed by atoms with Gasteiger partial charge in [-0.25, -0.2) is 4.39 Å². The fourth-order valence-electron chi connectivity index (χ4n) is 2.09. The van der Waals surface area contributed by atoms with Crippen molar-refractivity contribution in [3.63, 3.8) is 0 Å². The summed E-state index contributed by atoms with van der Waals surface area (Å²) in [4.78, 5) is 12.1. The lowest BCUT2D eigenvalue weighted by molar-refractivity contribution is 0.0950. The highest BCUT2D eigenvalue weighted by molar-refractivity contribution is 5.94. The molecule has 122 valence electrons. The normalized spacial score (nSPS) is 10.5. The van der Waals surface area contributed by atoms with Crippen molar-refractivity contribution in [1.82, 2.24) is 5.32 Å². The molecule has 0 radical (unpaired) electrons. The number of hydrogen-bond acceptors (Lipinski definition) is 3. The number of ether oxygens (including phenoxy) is 2. The van der Waals surface area contributed by atoms with E-state index >= 15 is 0 Å². The molecule has 2 rings (SSSR count). The van der Waals surface area contributed by atoms with Gasteiger partial charge in [-0.3, -0.25) is 4.79 Å². The summed E-state index contributed by atoms with van der Waals surface area (Å²) in [7, 11) is 1.38. The minimum absolute atomic E-state index is 0.0853. The van der Waals surface area contributed by atoms with E-state index in [0.717, 1.165) is 17.4 Å². The maximum absolute atomic E-state index is 13.6. The quantitative estimate of drug-likeness (QED) is 0.886. The first-order valence-corrected chi connectivity index (χ1v) is 7.37. The molecule has 0 aliphatic rings. The van der Waals surface area contributed by atoms with E-state index in [1.807, 2.05) is 38.1 Å². The van der Waals surface area contributed by atoms with E-state index in [2.05, 4.69) is 5.32 Å². The van der Waals surface area contributed by atoms with Crippen LogP contribution in [0.5, 0.6) is 11.5 Å². The average Bonchev–Trinajstić information content (AvgIpc) is 2.52. The minimum atomic E-state index is -0.563. The smallest absolute Gasteiger partial charge is 0.251 e. The third-order valence-electron chi connectivity index (χ3n) is 3.14. The lowest BCUT2D eigenvalue weighted by atomic mass is 10.1. The monoisotopic (exact) mass is 317 g/mol. The van der Waals surface area contributed by atoms with Crippen LogP contribution in [0.4, 0.5) is 4.39 Å². The average molecular weight is 317 g/mol. The molecule has 4 nitrogen and oxygen atoms in total. The number of carbonyl (C=O) groups excluding carboxylic acids is 1. The molecule has 5 heteroatoms. The third-order valence-corrected chi connectivity index (χ3v) is 3.14. The van der Waals surface area contributed by atoms with Crippen molar-refractivity contribution in [2.45, 2.75) is 26.5 Å². The number of carbonyl (C=O) groups is 1. The van der Waals surface area contributed by atoms with Gasteiger partial charge in [-0.15, -0.1) is 0 Å². The van der Waals surface area contributed by atoms with Crippen molar-refractivity contribution >= 4 is 5.91 Å². The molecular weight excluding hydrogens is 297 g/mol. The van der Waals surface area contributed by atoms with Crippen molar-refractivity contribution in [3.8, 4) is 11.5 Å². The molecule has 0 atom stereocenters. The minimum Gasteiger partial charge on any atom is -0.494 e. The first-order valence-electron chi connectivity index (χ1n) is 7.37. The maximum atomic E-state index is 13.6. The number of amides is 1. The number of rotatable bonds is 6. The van der Waals surface area contributed by atoms with Gasteiger partial charge < -0.3 is 14.8 Å². The Kier molecular flexibility index (Phi) is 5.57. The van der Waals surface area contributed by atoms with Gasteiger partial charge in [0.15, 0.2) is 11.6 Å². The molecule has 2 aromatic carbocycles. The first-order chi connectivity index (χ1) is 11.0. The van der Waals surface area contributed by atoms with Gasteiger partial charge in [-0.2, -0.15) is 0 Å². The standard InChI is InChI=1S/C18H20FNO3/c1-12(2)23-15-6-4-5-13(9-15)11-20-18(21)14-7-8-17(22-3)16(19)10-14/h4-10,12H,11H2,1-3H3,(H,20,21). The zero-order chi connectivity index (χ0) is 16.8. The van der Waals surface area contributed by atoms with Gasteiger partial charge in [0.2, 0.25) is 0 Å². The Bertz CT molecular complexity index is 686. The number of hydrogen-bond donors (Lipinski definition) is 1. The summed E-state index contributed by atoms with van der Waals surface area (Å²) in [6.07, 6.45) is 0.0853. The predicted molar refractivity (Wildman–Crippen MR) is 86.3 cm³/mol. The van der Waals surface area contributed by atoms with Crippen LogP contribution in [-0.2, 0) is 6.54 Å². The van der Waals surface area contributed by atoms with Gasteiger partial charge in [0, 0.05) is 12.1 Å². The van der Waals surface area contributed by atoms with Crippen LogP contribution in [0.25, 0.3) is 0 Å². The van der Waals surface area contributed by atoms with Crippen LogP contribution >= 0.6 is 0 Å². The van der Waals surface area contributed by atoms with Crippen LogP contribution in [0.2, 0.25) is 0 Å². The highest BCUT2D eigenvalue weighted by Crippen LogP contribution is 2.18. The molecule has 0 unspecified atom stereocenters. The molecule has 1 N–H and O–H groups in total. The summed E-state index contributed by atoms with van der Waals surface area (Å²) in [5, 5.41) is 2.76. The maximum Gasteiger partial charge on any atom is 0.251 e. The zero-order valence-corrected chi connectivity index (χ0v) is 13.4. The van der Waals surface area contributed by atoms with E-state index in [9.17, 15) is 9.18 Å². The van der Waals surface area contributed by atoms with Gasteiger partial charge in [-0.1, -0.05) is 12.1 Å². The van der Waals surface area contributed by atoms with Crippen LogP contribution in [0.15, 0.2) is 42.5 Å². The molecule has 0 heterocycles. The lowest BCUT2D eigenvalue weighted by Crippen LogP contribution is -2.23. The molecule has 0 aliphatic heterocycles. The zero-order valence-electron chi connectivity index (χ0n) is 13.4. The van der Waals surface area contributed by atoms with Crippen molar-refractivity contribution in [2.75, 3.05) is 7.11 Å². The number of nitrogens with one attached hydrogen (secondary N) is 1. The van der Waals surface area contributed by atoms with Crippen molar-refractivity contribution in [2.24, 2.45) is 0 Å². The SMILES string of the molecule is COc1ccc(C(=O)NCc2cccc(OC(C)C)c2)cc1F. The molecule has 0 aromatic heterocycles. The fraction of sp³-hybridized carbons (Fsp3) is 0.278. The van der Waals surface area contributed by atoms with Crippen molar-refractivity contribution in [1.29, 1.82) is 0 Å². The number of halogens is 1. The summed E-state index contributed by atoms with van der Waals surface area (Å²) in [6, 6.07) is 11.6. The van der Waals surface area contributed by atoms with E-state index in [0.29, 0.717) is 6.54 Å². The first kappa shape index (κ1) is 16.8. The van der Waals surface area contributed by atoms with Crippen LogP contribution in [-0.4, -0.2) is 19.1 Å². The van der Waals surface area contributed by atoms with Gasteiger partial charge in [0.1, 0.15) is 5.75 Å². The lowest BCUT2D eigenvalue weighted by Gasteiger charge is -2.11. The molecule has 1 amide bonds. The molecule has 0 saturated carbocycles. The summed E-state index contributed by atoms with van der Waals surface area (Å²) in [6.45, 7) is 4.24. The molecule has 0 aliphatic carbocycles. The summed E-state index contributed by atoms with van der Waals surface area (Å²) in [5.41, 5.74) is 1.16. The molecule has 0 saturated heterocycles. The summed E-state index contributed by atoms with van der Waals surface area (Å²) >= 11 is 0. The van der Waals surface area contributed by atoms with Crippen LogP contribution in [0.1, 0.15) is 29.8 Å². The Morgan fingerprint density at radius 1 is 1.22 bits per heavy atom. The Morgan fingerprint density at radius 3 is 2.65 bits per heavy atom. The second-order valence-electron chi connectivity index (χ2n) is 5.35. The van der Waals surface area contributed by atoms with Crippen LogP contribution in [0, 0.1) is 5.82 Å². The van der Waals surface area contributed by atoms with E-state index in [4.69, 9.17) is 9.47 Å². The summed E-state index contributed by atoms with van der Waals surface area (Å²) in [5.74, 6) is -0.0449. The number of methoxy groups -OCH3 is 1. The van der Waals surface area contributed by atoms with Gasteiger partial charge >= 0.3 is 0 Å². The fourth-order valence-corrected chi connectivity index (χ4v) is 2.09. The van der Waals surface area contributed by atoms with Gasteiger partial charge in [-0.05, 0) is 49.7 Å². The van der Waals surface area contributed by atoms with Crippen molar-refractivity contribution < 1.29 is 18.7 Å². The van der Waals surface area contributed by atoms with Crippen LogP contribution in [0.3, 0.4) is 0 Å². The Hall–Kier alpha value is -2.56. The highest BCUT2D eigenvalue weighted by atomic mass is 19.1. The van der Waals surface area contributed by atoms with E-state index < -0.39 is 5.82 Å². The molecule has 2 aromatic rings. The molecule has 0 spiro atoms. The molecule has 0 bridgehead atoms. The van der Waals surface area contributed by atoms with Gasteiger partial charge in [0.25, 0.3) is 5.91 Å². The topological polar surface area (TPSA) is 47.6 Å². The Balaban J connectivity index is 2.00. The molecule has 0 fully saturated rings. The molecular formula is C18H20FNO3. The van der Waals surface area contributed by atoms with Crippen LogP contribution < -0.4 is 14.8 Å². The largest absolute Gasteiger partial charge is 0.494 e. The van der Waals surface area contributed by atoms with Gasteiger partial charge in [0.05, 0.1) is 13.2 Å². The van der Waals surface area contributed by atoms with E-state index in [-0.39, 0.29) is 23.3 Å². The predicted octanol–water partition coefficient (Wildman–Crippen LogP) is 3.55. The Labute approximate surface area is 135 Å². The third kappa shape index (κ3) is 4.71.